The average Bonchev–Trinajstić information content (AvgIpc) is 3.19. The van der Waals surface area contributed by atoms with Crippen molar-refractivity contribution in [3.63, 3.8) is 0 Å². The molecular formula is C25H36N4O3Si. The molecule has 0 bridgehead atoms. The lowest BCUT2D eigenvalue weighted by atomic mass is 9.96. The van der Waals surface area contributed by atoms with Crippen molar-refractivity contribution in [2.75, 3.05) is 13.2 Å². The molecule has 33 heavy (non-hydrogen) atoms. The number of ketones is 1. The summed E-state index contributed by atoms with van der Waals surface area (Å²) in [7, 11) is -1.21. The molecule has 0 saturated carbocycles. The maximum absolute atomic E-state index is 12.6. The van der Waals surface area contributed by atoms with Gasteiger partial charge in [0.25, 0.3) is 5.91 Å². The Morgan fingerprint density at radius 1 is 1.33 bits per heavy atom. The normalized spacial score (nSPS) is 14.8. The van der Waals surface area contributed by atoms with Gasteiger partial charge in [0.1, 0.15) is 12.8 Å². The average molecular weight is 469 g/mol. The van der Waals surface area contributed by atoms with Crippen LogP contribution in [0.5, 0.6) is 0 Å². The molecule has 1 heterocycles. The molecule has 0 spiro atoms. The summed E-state index contributed by atoms with van der Waals surface area (Å²) in [5.74, 6) is -0.256. The Labute approximate surface area is 198 Å². The molecule has 2 rings (SSSR count). The first-order chi connectivity index (χ1) is 15.7. The molecule has 1 aromatic heterocycles. The first-order valence-electron chi connectivity index (χ1n) is 11.6. The molecule has 178 valence electrons. The van der Waals surface area contributed by atoms with Crippen LogP contribution in [0.3, 0.4) is 0 Å². The van der Waals surface area contributed by atoms with E-state index in [0.717, 1.165) is 25.3 Å². The molecule has 1 aliphatic rings. The number of nitriles is 1. The fraction of sp³-hybridized carbons (Fsp3) is 0.520. The highest BCUT2D eigenvalue weighted by Gasteiger charge is 2.16. The van der Waals surface area contributed by atoms with E-state index in [4.69, 9.17) is 10.00 Å². The van der Waals surface area contributed by atoms with Gasteiger partial charge in [-0.3, -0.25) is 9.59 Å². The highest BCUT2D eigenvalue weighted by Crippen LogP contribution is 2.21. The maximum Gasteiger partial charge on any atom is 0.287 e. The molecule has 1 N–H and O–H groups in total. The van der Waals surface area contributed by atoms with Gasteiger partial charge in [0, 0.05) is 33.0 Å². The number of Topliss-reactive ketones (excluding diaryl/α,β-unsaturated/α-hetero) is 1. The van der Waals surface area contributed by atoms with E-state index >= 15 is 0 Å². The minimum Gasteiger partial charge on any atom is -0.361 e. The van der Waals surface area contributed by atoms with Gasteiger partial charge >= 0.3 is 0 Å². The summed E-state index contributed by atoms with van der Waals surface area (Å²) in [5.41, 5.74) is 2.19. The number of carbonyl (C=O) groups excluding carboxylic acids is 2. The molecule has 1 aromatic rings. The highest BCUT2D eigenvalue weighted by atomic mass is 28.3. The van der Waals surface area contributed by atoms with Crippen LogP contribution in [0.4, 0.5) is 0 Å². The third-order valence-electron chi connectivity index (χ3n) is 5.37. The molecule has 1 amide bonds. The van der Waals surface area contributed by atoms with Gasteiger partial charge in [-0.2, -0.15) is 5.26 Å². The summed E-state index contributed by atoms with van der Waals surface area (Å²) < 4.78 is 7.27. The topological polar surface area (TPSA) is 97.0 Å². The number of imidazole rings is 1. The molecule has 1 aliphatic carbocycles. The van der Waals surface area contributed by atoms with Crippen molar-refractivity contribution < 1.29 is 14.3 Å². The summed E-state index contributed by atoms with van der Waals surface area (Å²) in [6, 6.07) is 2.99. The third kappa shape index (κ3) is 9.72. The molecule has 0 atom stereocenters. The largest absolute Gasteiger partial charge is 0.361 e. The van der Waals surface area contributed by atoms with Crippen LogP contribution in [0.15, 0.2) is 41.6 Å². The van der Waals surface area contributed by atoms with Crippen molar-refractivity contribution in [1.29, 1.82) is 5.26 Å². The van der Waals surface area contributed by atoms with Gasteiger partial charge in [-0.05, 0) is 45.1 Å². The molecule has 0 radical (unpaired) electrons. The van der Waals surface area contributed by atoms with Crippen LogP contribution in [0.1, 0.15) is 55.3 Å². The number of hydrogen-bond donors (Lipinski definition) is 1. The van der Waals surface area contributed by atoms with E-state index < -0.39 is 14.0 Å². The van der Waals surface area contributed by atoms with Crippen LogP contribution < -0.4 is 5.32 Å². The van der Waals surface area contributed by atoms with Gasteiger partial charge in [-0.1, -0.05) is 49.5 Å². The SMILES string of the molecule is CC(=O)C(/C=C\CNC(=O)c1nc(C#N)cn1COCC[Si](C)(C)C)=C/CC1=CCCCC1. The van der Waals surface area contributed by atoms with Crippen LogP contribution >= 0.6 is 0 Å². The van der Waals surface area contributed by atoms with Crippen LogP contribution in [-0.2, 0) is 16.3 Å². The molecule has 7 nitrogen and oxygen atoms in total. The molecule has 0 saturated heterocycles. The molecule has 0 fully saturated rings. The van der Waals surface area contributed by atoms with E-state index in [1.54, 1.807) is 23.6 Å². The Morgan fingerprint density at radius 3 is 2.76 bits per heavy atom. The lowest BCUT2D eigenvalue weighted by Gasteiger charge is -2.15. The quantitative estimate of drug-likeness (QED) is 0.157. The summed E-state index contributed by atoms with van der Waals surface area (Å²) in [6.07, 6.45) is 14.7. The van der Waals surface area contributed by atoms with Crippen molar-refractivity contribution in [2.24, 2.45) is 0 Å². The zero-order valence-electron chi connectivity index (χ0n) is 20.3. The van der Waals surface area contributed by atoms with E-state index in [1.807, 2.05) is 12.1 Å². The van der Waals surface area contributed by atoms with Crippen molar-refractivity contribution in [3.05, 3.63) is 53.2 Å². The van der Waals surface area contributed by atoms with Crippen molar-refractivity contribution in [3.8, 4) is 6.07 Å². The number of carbonyl (C=O) groups is 2. The van der Waals surface area contributed by atoms with Crippen LogP contribution in [0, 0.1) is 11.3 Å². The number of aromatic nitrogens is 2. The number of nitrogens with one attached hydrogen (secondary N) is 1. The molecule has 0 aromatic carbocycles. The zero-order chi connectivity index (χ0) is 24.3. The second-order valence-electron chi connectivity index (χ2n) is 9.52. The van der Waals surface area contributed by atoms with Crippen LogP contribution in [-0.4, -0.2) is 42.5 Å². The summed E-state index contributed by atoms with van der Waals surface area (Å²) in [5, 5.41) is 11.9. The first kappa shape index (κ1) is 26.5. The Balaban J connectivity index is 1.92. The molecule has 0 aliphatic heterocycles. The third-order valence-corrected chi connectivity index (χ3v) is 7.08. The molecule has 0 unspecified atom stereocenters. The van der Waals surface area contributed by atoms with Gasteiger partial charge < -0.3 is 14.6 Å². The lowest BCUT2D eigenvalue weighted by molar-refractivity contribution is -0.113. The van der Waals surface area contributed by atoms with Gasteiger partial charge in [-0.25, -0.2) is 4.98 Å². The van der Waals surface area contributed by atoms with E-state index in [-0.39, 0.29) is 30.6 Å². The van der Waals surface area contributed by atoms with E-state index in [9.17, 15) is 9.59 Å². The standard InChI is InChI=1S/C25H36N4O3Si/c1-20(30)22(13-12-21-9-6-5-7-10-21)11-8-14-27-25(31)24-28-23(17-26)18-29(24)19-32-15-16-33(2,3)4/h8-9,11,13,18H,5-7,10,12,14-16,19H2,1-4H3,(H,27,31)/b11-8-,22-13+. The van der Waals surface area contributed by atoms with E-state index in [1.165, 1.54) is 24.6 Å². The fourth-order valence-electron chi connectivity index (χ4n) is 3.37. The predicted molar refractivity (Wildman–Crippen MR) is 132 cm³/mol. The first-order valence-corrected chi connectivity index (χ1v) is 15.3. The number of ether oxygens (including phenoxy) is 1. The number of amides is 1. The smallest absolute Gasteiger partial charge is 0.287 e. The molecular weight excluding hydrogens is 432 g/mol. The number of hydrogen-bond acceptors (Lipinski definition) is 5. The van der Waals surface area contributed by atoms with Crippen molar-refractivity contribution in [2.45, 2.75) is 71.4 Å². The number of allylic oxidation sites excluding steroid dienone is 5. The highest BCUT2D eigenvalue weighted by molar-refractivity contribution is 6.76. The van der Waals surface area contributed by atoms with Crippen molar-refractivity contribution >= 4 is 19.8 Å². The second-order valence-corrected chi connectivity index (χ2v) is 15.1. The summed E-state index contributed by atoms with van der Waals surface area (Å²) >= 11 is 0. The molecule has 8 heteroatoms. The fourth-order valence-corrected chi connectivity index (χ4v) is 4.12. The van der Waals surface area contributed by atoms with E-state index in [0.29, 0.717) is 12.2 Å². The Hall–Kier alpha value is -2.76. The zero-order valence-corrected chi connectivity index (χ0v) is 21.3. The summed E-state index contributed by atoms with van der Waals surface area (Å²) in [4.78, 5) is 28.7. The monoisotopic (exact) mass is 468 g/mol. The number of nitrogens with zero attached hydrogens (tertiary/aromatic N) is 3. The Morgan fingerprint density at radius 2 is 2.12 bits per heavy atom. The van der Waals surface area contributed by atoms with Gasteiger partial charge in [0.05, 0.1) is 0 Å². The van der Waals surface area contributed by atoms with Gasteiger partial charge in [0.15, 0.2) is 11.5 Å². The van der Waals surface area contributed by atoms with Crippen LogP contribution in [0.25, 0.3) is 0 Å². The second kappa shape index (κ2) is 13.1. The maximum atomic E-state index is 12.6. The Bertz CT molecular complexity index is 961. The minimum atomic E-state index is -1.21. The van der Waals surface area contributed by atoms with E-state index in [2.05, 4.69) is 36.0 Å². The minimum absolute atomic E-state index is 0.00124. The number of rotatable bonds is 12. The van der Waals surface area contributed by atoms with Gasteiger partial charge in [-0.15, -0.1) is 0 Å². The Kier molecular flexibility index (Phi) is 10.5. The summed E-state index contributed by atoms with van der Waals surface area (Å²) in [6.45, 7) is 9.39. The van der Waals surface area contributed by atoms with Gasteiger partial charge in [0.2, 0.25) is 5.82 Å². The lowest BCUT2D eigenvalue weighted by Crippen LogP contribution is -2.27. The van der Waals surface area contributed by atoms with Crippen molar-refractivity contribution in [1.82, 2.24) is 14.9 Å². The van der Waals surface area contributed by atoms with Crippen LogP contribution in [0.2, 0.25) is 25.7 Å². The predicted octanol–water partition coefficient (Wildman–Crippen LogP) is 4.76.